The maximum absolute atomic E-state index is 13.3. The van der Waals surface area contributed by atoms with Crippen LogP contribution in [0, 0.1) is 0 Å². The maximum Gasteiger partial charge on any atom is 0.422 e. The number of piperidine rings is 1. The fraction of sp³-hybridized carbons (Fsp3) is 0.647. The normalized spacial score (nSPS) is 21.2. The molecule has 3 rings (SSSR count). The third kappa shape index (κ3) is 3.41. The van der Waals surface area contributed by atoms with Gasteiger partial charge in [0, 0.05) is 22.3 Å². The van der Waals surface area contributed by atoms with Gasteiger partial charge in [-0.3, -0.25) is 0 Å². The van der Waals surface area contributed by atoms with Gasteiger partial charge >= 0.3 is 6.18 Å². The molecule has 4 nitrogen and oxygen atoms in total. The summed E-state index contributed by atoms with van der Waals surface area (Å²) in [5.74, 6) is 0. The minimum absolute atomic E-state index is 0.154. The predicted octanol–water partition coefficient (Wildman–Crippen LogP) is 5.00. The van der Waals surface area contributed by atoms with Crippen LogP contribution in [-0.2, 0) is 17.4 Å². The van der Waals surface area contributed by atoms with Gasteiger partial charge in [0.15, 0.2) is 10.8 Å². The molecule has 0 bridgehead atoms. The standard InChI is InChI=1S/C17H22F3N3OS2/c1-15(2)7-6-8-16(3,4)23(15)14-22-12-11(25-14)9-10(17(18,19)20)13(21-12)26(5)24/h9H,6-8H2,1-5H3. The van der Waals surface area contributed by atoms with Crippen molar-refractivity contribution in [3.8, 4) is 0 Å². The number of thiazole rings is 1. The lowest BCUT2D eigenvalue weighted by Gasteiger charge is -2.53. The molecule has 1 aliphatic rings. The Kier molecular flexibility index (Phi) is 4.73. The van der Waals surface area contributed by atoms with E-state index >= 15 is 0 Å². The molecule has 1 atom stereocenters. The molecule has 1 saturated heterocycles. The van der Waals surface area contributed by atoms with Crippen molar-refractivity contribution in [2.75, 3.05) is 11.2 Å². The molecule has 1 fully saturated rings. The highest BCUT2D eigenvalue weighted by molar-refractivity contribution is 7.90. The molecule has 1 aliphatic heterocycles. The third-order valence-corrected chi connectivity index (χ3v) is 6.73. The summed E-state index contributed by atoms with van der Waals surface area (Å²) < 4.78 is 52.2. The number of anilines is 1. The van der Waals surface area contributed by atoms with Crippen molar-refractivity contribution >= 4 is 38.0 Å². The van der Waals surface area contributed by atoms with Crippen LogP contribution in [0.4, 0.5) is 18.3 Å². The average molecular weight is 406 g/mol. The molecule has 0 radical (unpaired) electrons. The van der Waals surface area contributed by atoms with Gasteiger partial charge in [0.1, 0.15) is 11.8 Å². The smallest absolute Gasteiger partial charge is 0.422 e. The second kappa shape index (κ2) is 6.24. The first-order valence-electron chi connectivity index (χ1n) is 8.35. The van der Waals surface area contributed by atoms with Crippen molar-refractivity contribution in [2.45, 2.75) is 69.2 Å². The fourth-order valence-electron chi connectivity index (χ4n) is 3.87. The first-order chi connectivity index (χ1) is 11.8. The molecule has 144 valence electrons. The Bertz CT molecular complexity index is 815. The number of rotatable bonds is 2. The number of fused-ring (bicyclic) bond motifs is 1. The Hall–Kier alpha value is -1.06. The molecule has 26 heavy (non-hydrogen) atoms. The van der Waals surface area contributed by atoms with E-state index in [0.717, 1.165) is 25.3 Å². The molecule has 2 aromatic heterocycles. The minimum Gasteiger partial charge on any atom is -0.610 e. The Morgan fingerprint density at radius 2 is 1.73 bits per heavy atom. The van der Waals surface area contributed by atoms with Crippen molar-refractivity contribution in [2.24, 2.45) is 0 Å². The number of aromatic nitrogens is 2. The number of pyridine rings is 1. The summed E-state index contributed by atoms with van der Waals surface area (Å²) in [5, 5.41) is 0.202. The van der Waals surface area contributed by atoms with E-state index < -0.39 is 27.9 Å². The predicted molar refractivity (Wildman–Crippen MR) is 99.2 cm³/mol. The van der Waals surface area contributed by atoms with Crippen LogP contribution < -0.4 is 4.90 Å². The van der Waals surface area contributed by atoms with Crippen molar-refractivity contribution in [1.82, 2.24) is 9.97 Å². The molecule has 0 spiro atoms. The first kappa shape index (κ1) is 19.7. The van der Waals surface area contributed by atoms with Crippen LogP contribution in [-0.4, -0.2) is 31.9 Å². The molecule has 0 amide bonds. The van der Waals surface area contributed by atoms with Crippen molar-refractivity contribution in [1.29, 1.82) is 0 Å². The fourth-order valence-corrected chi connectivity index (χ4v) is 5.84. The van der Waals surface area contributed by atoms with Gasteiger partial charge in [-0.1, -0.05) is 11.3 Å². The van der Waals surface area contributed by atoms with E-state index in [9.17, 15) is 17.7 Å². The largest absolute Gasteiger partial charge is 0.610 e. The highest BCUT2D eigenvalue weighted by Crippen LogP contribution is 2.45. The zero-order chi connectivity index (χ0) is 19.5. The maximum atomic E-state index is 13.3. The summed E-state index contributed by atoms with van der Waals surface area (Å²) in [7, 11) is 0. The number of hydrogen-bond acceptors (Lipinski definition) is 5. The van der Waals surface area contributed by atoms with E-state index in [4.69, 9.17) is 0 Å². The topological polar surface area (TPSA) is 52.1 Å². The molecular formula is C17H22F3N3OS2. The summed E-state index contributed by atoms with van der Waals surface area (Å²) in [4.78, 5) is 10.7. The van der Waals surface area contributed by atoms with Gasteiger partial charge in [-0.15, -0.1) is 0 Å². The lowest BCUT2D eigenvalue weighted by atomic mass is 9.80. The van der Waals surface area contributed by atoms with Gasteiger partial charge in [-0.25, -0.2) is 0 Å². The number of hydrogen-bond donors (Lipinski definition) is 0. The zero-order valence-corrected chi connectivity index (χ0v) is 17.0. The van der Waals surface area contributed by atoms with Crippen LogP contribution in [0.25, 0.3) is 10.3 Å². The molecule has 0 aliphatic carbocycles. The Labute approximate surface area is 158 Å². The highest BCUT2D eigenvalue weighted by atomic mass is 32.2. The summed E-state index contributed by atoms with van der Waals surface area (Å²) in [6.45, 7) is 8.50. The number of alkyl halides is 3. The molecule has 0 saturated carbocycles. The molecule has 9 heteroatoms. The number of nitrogens with zero attached hydrogens (tertiary/aromatic N) is 3. The van der Waals surface area contributed by atoms with Gasteiger partial charge < -0.3 is 9.45 Å². The van der Waals surface area contributed by atoms with Gasteiger partial charge in [0.2, 0.25) is 0 Å². The number of halogens is 3. The van der Waals surface area contributed by atoms with Gasteiger partial charge in [0.05, 0.1) is 4.70 Å². The van der Waals surface area contributed by atoms with Crippen LogP contribution in [0.3, 0.4) is 0 Å². The van der Waals surface area contributed by atoms with Crippen LogP contribution >= 0.6 is 11.3 Å². The van der Waals surface area contributed by atoms with Crippen molar-refractivity contribution < 1.29 is 17.7 Å². The second-order valence-electron chi connectivity index (χ2n) is 7.92. The molecular weight excluding hydrogens is 383 g/mol. The summed E-state index contributed by atoms with van der Waals surface area (Å²) >= 11 is -0.637. The van der Waals surface area contributed by atoms with E-state index in [-0.39, 0.29) is 16.7 Å². The van der Waals surface area contributed by atoms with Crippen molar-refractivity contribution in [3.05, 3.63) is 11.6 Å². The van der Waals surface area contributed by atoms with Crippen LogP contribution in [0.2, 0.25) is 0 Å². The van der Waals surface area contributed by atoms with E-state index in [2.05, 4.69) is 42.6 Å². The Balaban J connectivity index is 2.18. The molecule has 0 aromatic carbocycles. The Morgan fingerprint density at radius 1 is 1.15 bits per heavy atom. The molecule has 0 N–H and O–H groups in total. The summed E-state index contributed by atoms with van der Waals surface area (Å²) in [5.41, 5.74) is -1.03. The molecule has 2 aromatic rings. The minimum atomic E-state index is -4.60. The van der Waals surface area contributed by atoms with Gasteiger partial charge in [-0.2, -0.15) is 23.1 Å². The quantitative estimate of drug-likeness (QED) is 0.660. The second-order valence-corrected chi connectivity index (χ2v) is 10.2. The van der Waals surface area contributed by atoms with Crippen LogP contribution in [0.15, 0.2) is 11.1 Å². The van der Waals surface area contributed by atoms with Gasteiger partial charge in [0.25, 0.3) is 5.03 Å². The van der Waals surface area contributed by atoms with E-state index in [1.165, 1.54) is 17.6 Å². The van der Waals surface area contributed by atoms with Crippen LogP contribution in [0.1, 0.15) is 52.5 Å². The van der Waals surface area contributed by atoms with E-state index in [1.54, 1.807) is 0 Å². The third-order valence-electron chi connectivity index (χ3n) is 4.89. The summed E-state index contributed by atoms with van der Waals surface area (Å²) in [6, 6.07) is 1.03. The summed E-state index contributed by atoms with van der Waals surface area (Å²) in [6.07, 6.45) is -0.337. The SMILES string of the molecule is C[S+]([O-])c1nc2nc(N3C(C)(C)CCCC3(C)C)sc2cc1C(F)(F)F. The van der Waals surface area contributed by atoms with Crippen LogP contribution in [0.5, 0.6) is 0 Å². The van der Waals surface area contributed by atoms with E-state index in [1.807, 2.05) is 0 Å². The first-order valence-corrected chi connectivity index (χ1v) is 10.7. The highest BCUT2D eigenvalue weighted by Gasteiger charge is 2.43. The Morgan fingerprint density at radius 3 is 2.23 bits per heavy atom. The monoisotopic (exact) mass is 405 g/mol. The molecule has 1 unspecified atom stereocenters. The van der Waals surface area contributed by atoms with Crippen molar-refractivity contribution in [3.63, 3.8) is 0 Å². The molecule has 3 heterocycles. The van der Waals surface area contributed by atoms with Gasteiger partial charge in [-0.05, 0) is 53.0 Å². The average Bonchev–Trinajstić information content (AvgIpc) is 2.84. The zero-order valence-electron chi connectivity index (χ0n) is 15.4. The lowest BCUT2D eigenvalue weighted by Crippen LogP contribution is -2.58. The van der Waals surface area contributed by atoms with E-state index in [0.29, 0.717) is 9.83 Å². The lowest BCUT2D eigenvalue weighted by molar-refractivity contribution is -0.140.